The third-order valence-electron chi connectivity index (χ3n) is 4.52. The first-order valence-corrected chi connectivity index (χ1v) is 7.83. The van der Waals surface area contributed by atoms with Gasteiger partial charge in [-0.05, 0) is 39.5 Å². The van der Waals surface area contributed by atoms with Gasteiger partial charge in [-0.15, -0.1) is 0 Å². The van der Waals surface area contributed by atoms with Gasteiger partial charge in [0.05, 0.1) is 18.4 Å². The molecule has 1 atom stereocenters. The standard InChI is InChI=1S/C16H27NO5/c1-5-11(10-16(2,3)15(20)21)13(18)17-8-6-12(7-9-17)14(19)22-4/h11-12H,5-10H2,1-4H3,(H,20,21). The van der Waals surface area contributed by atoms with Gasteiger partial charge in [0, 0.05) is 19.0 Å². The van der Waals surface area contributed by atoms with Crippen molar-refractivity contribution in [1.29, 1.82) is 0 Å². The number of piperidine rings is 1. The summed E-state index contributed by atoms with van der Waals surface area (Å²) in [5.74, 6) is -1.53. The molecule has 126 valence electrons. The number of aliphatic carboxylic acids is 1. The number of esters is 1. The molecule has 1 heterocycles. The lowest BCUT2D eigenvalue weighted by molar-refractivity contribution is -0.152. The van der Waals surface area contributed by atoms with Crippen LogP contribution in [0.3, 0.4) is 0 Å². The van der Waals surface area contributed by atoms with E-state index in [1.165, 1.54) is 7.11 Å². The van der Waals surface area contributed by atoms with E-state index in [0.29, 0.717) is 38.8 Å². The van der Waals surface area contributed by atoms with Crippen LogP contribution in [0.2, 0.25) is 0 Å². The summed E-state index contributed by atoms with van der Waals surface area (Å²) in [6.07, 6.45) is 2.16. The molecular formula is C16H27NO5. The summed E-state index contributed by atoms with van der Waals surface area (Å²) in [7, 11) is 1.38. The average molecular weight is 313 g/mol. The first-order valence-electron chi connectivity index (χ1n) is 7.83. The maximum Gasteiger partial charge on any atom is 0.309 e. The van der Waals surface area contributed by atoms with Crippen LogP contribution in [0.25, 0.3) is 0 Å². The number of nitrogens with zero attached hydrogens (tertiary/aromatic N) is 1. The van der Waals surface area contributed by atoms with Crippen LogP contribution in [0.15, 0.2) is 0 Å². The summed E-state index contributed by atoms with van der Waals surface area (Å²) >= 11 is 0. The van der Waals surface area contributed by atoms with Gasteiger partial charge < -0.3 is 14.7 Å². The highest BCUT2D eigenvalue weighted by molar-refractivity contribution is 5.81. The van der Waals surface area contributed by atoms with E-state index in [4.69, 9.17) is 4.74 Å². The average Bonchev–Trinajstić information content (AvgIpc) is 2.51. The van der Waals surface area contributed by atoms with Crippen molar-refractivity contribution < 1.29 is 24.2 Å². The highest BCUT2D eigenvalue weighted by Gasteiger charge is 2.36. The number of methoxy groups -OCH3 is 1. The molecule has 0 aliphatic carbocycles. The van der Waals surface area contributed by atoms with Gasteiger partial charge >= 0.3 is 11.9 Å². The second-order valence-corrected chi connectivity index (χ2v) is 6.62. The number of hydrogen-bond donors (Lipinski definition) is 1. The first-order chi connectivity index (χ1) is 10.2. The van der Waals surface area contributed by atoms with Gasteiger partial charge in [0.15, 0.2) is 0 Å². The summed E-state index contributed by atoms with van der Waals surface area (Å²) in [6, 6.07) is 0. The van der Waals surface area contributed by atoms with Gasteiger partial charge in [-0.2, -0.15) is 0 Å². The molecule has 0 bridgehead atoms. The molecule has 6 nitrogen and oxygen atoms in total. The number of rotatable bonds is 6. The van der Waals surface area contributed by atoms with E-state index < -0.39 is 11.4 Å². The minimum atomic E-state index is -0.916. The summed E-state index contributed by atoms with van der Waals surface area (Å²) in [4.78, 5) is 37.1. The van der Waals surface area contributed by atoms with E-state index in [1.54, 1.807) is 18.7 Å². The molecule has 1 unspecified atom stereocenters. The van der Waals surface area contributed by atoms with Gasteiger partial charge in [-0.1, -0.05) is 6.92 Å². The molecule has 1 N–H and O–H groups in total. The number of carboxylic acids is 1. The van der Waals surface area contributed by atoms with E-state index in [9.17, 15) is 19.5 Å². The van der Waals surface area contributed by atoms with Gasteiger partial charge in [0.1, 0.15) is 0 Å². The number of amides is 1. The minimum Gasteiger partial charge on any atom is -0.481 e. The van der Waals surface area contributed by atoms with Crippen LogP contribution in [0.5, 0.6) is 0 Å². The molecule has 0 saturated carbocycles. The van der Waals surface area contributed by atoms with Crippen LogP contribution in [0.4, 0.5) is 0 Å². The lowest BCUT2D eigenvalue weighted by Gasteiger charge is -2.34. The summed E-state index contributed by atoms with van der Waals surface area (Å²) in [5, 5.41) is 9.22. The Labute approximate surface area is 131 Å². The van der Waals surface area contributed by atoms with Crippen molar-refractivity contribution in [2.75, 3.05) is 20.2 Å². The first kappa shape index (κ1) is 18.5. The molecule has 0 aromatic rings. The monoisotopic (exact) mass is 313 g/mol. The summed E-state index contributed by atoms with van der Waals surface area (Å²) < 4.78 is 4.74. The maximum atomic E-state index is 12.6. The number of ether oxygens (including phenoxy) is 1. The van der Waals surface area contributed by atoms with Crippen molar-refractivity contribution in [3.05, 3.63) is 0 Å². The Morgan fingerprint density at radius 2 is 1.82 bits per heavy atom. The van der Waals surface area contributed by atoms with Gasteiger partial charge in [-0.3, -0.25) is 14.4 Å². The van der Waals surface area contributed by atoms with Crippen LogP contribution < -0.4 is 0 Å². The van der Waals surface area contributed by atoms with Crippen LogP contribution in [-0.2, 0) is 19.1 Å². The molecule has 1 amide bonds. The van der Waals surface area contributed by atoms with Crippen LogP contribution >= 0.6 is 0 Å². The molecule has 1 aliphatic rings. The minimum absolute atomic E-state index is 0.000130. The largest absolute Gasteiger partial charge is 0.481 e. The highest BCUT2D eigenvalue weighted by atomic mass is 16.5. The Morgan fingerprint density at radius 1 is 1.27 bits per heavy atom. The predicted octanol–water partition coefficient (Wildman–Crippen LogP) is 1.93. The quantitative estimate of drug-likeness (QED) is 0.757. The van der Waals surface area contributed by atoms with Gasteiger partial charge in [0.25, 0.3) is 0 Å². The maximum absolute atomic E-state index is 12.6. The molecule has 22 heavy (non-hydrogen) atoms. The van der Waals surface area contributed by atoms with Crippen LogP contribution in [0, 0.1) is 17.3 Å². The summed E-state index contributed by atoms with van der Waals surface area (Å²) in [5.41, 5.74) is -0.916. The lowest BCUT2D eigenvalue weighted by Crippen LogP contribution is -2.44. The second-order valence-electron chi connectivity index (χ2n) is 6.62. The molecular weight excluding hydrogens is 286 g/mol. The molecule has 6 heteroatoms. The van der Waals surface area contributed by atoms with Crippen LogP contribution in [-0.4, -0.2) is 48.1 Å². The van der Waals surface area contributed by atoms with E-state index in [1.807, 2.05) is 6.92 Å². The molecule has 1 fully saturated rings. The Bertz CT molecular complexity index is 424. The molecule has 1 saturated heterocycles. The fourth-order valence-corrected chi connectivity index (χ4v) is 2.87. The summed E-state index contributed by atoms with van der Waals surface area (Å²) in [6.45, 7) is 6.26. The zero-order valence-electron chi connectivity index (χ0n) is 13.9. The van der Waals surface area contributed by atoms with E-state index >= 15 is 0 Å². The highest BCUT2D eigenvalue weighted by Crippen LogP contribution is 2.30. The second kappa shape index (κ2) is 7.61. The molecule has 1 aliphatic heterocycles. The molecule has 0 aromatic carbocycles. The number of carbonyl (C=O) groups excluding carboxylic acids is 2. The molecule has 0 spiro atoms. The number of hydrogen-bond acceptors (Lipinski definition) is 4. The van der Waals surface area contributed by atoms with Crippen molar-refractivity contribution in [3.8, 4) is 0 Å². The predicted molar refractivity (Wildman–Crippen MR) is 81.1 cm³/mol. The number of carbonyl (C=O) groups is 3. The smallest absolute Gasteiger partial charge is 0.309 e. The fourth-order valence-electron chi connectivity index (χ4n) is 2.87. The normalized spacial score (nSPS) is 17.9. The zero-order chi connectivity index (χ0) is 16.9. The molecule has 1 rings (SSSR count). The Hall–Kier alpha value is -1.59. The van der Waals surface area contributed by atoms with Gasteiger partial charge in [-0.25, -0.2) is 0 Å². The topological polar surface area (TPSA) is 83.9 Å². The molecule has 0 aromatic heterocycles. The lowest BCUT2D eigenvalue weighted by atomic mass is 9.81. The zero-order valence-corrected chi connectivity index (χ0v) is 13.9. The Morgan fingerprint density at radius 3 is 2.23 bits per heavy atom. The Balaban J connectivity index is 2.63. The number of likely N-dealkylation sites (tertiary alicyclic amines) is 1. The molecule has 0 radical (unpaired) electrons. The SMILES string of the molecule is CCC(CC(C)(C)C(=O)O)C(=O)N1CCC(C(=O)OC)CC1. The van der Waals surface area contributed by atoms with Crippen molar-refractivity contribution >= 4 is 17.8 Å². The van der Waals surface area contributed by atoms with Crippen molar-refractivity contribution in [2.45, 2.75) is 46.5 Å². The Kier molecular flexibility index (Phi) is 6.38. The third kappa shape index (κ3) is 4.45. The van der Waals surface area contributed by atoms with E-state index in [2.05, 4.69) is 0 Å². The van der Waals surface area contributed by atoms with Crippen molar-refractivity contribution in [1.82, 2.24) is 4.90 Å². The fraction of sp³-hybridized carbons (Fsp3) is 0.812. The third-order valence-corrected chi connectivity index (χ3v) is 4.52. The van der Waals surface area contributed by atoms with Crippen molar-refractivity contribution in [2.24, 2.45) is 17.3 Å². The van der Waals surface area contributed by atoms with E-state index in [-0.39, 0.29) is 23.7 Å². The number of carboxylic acid groups (broad SMARTS) is 1. The van der Waals surface area contributed by atoms with E-state index in [0.717, 1.165) is 0 Å². The van der Waals surface area contributed by atoms with Crippen molar-refractivity contribution in [3.63, 3.8) is 0 Å². The van der Waals surface area contributed by atoms with Gasteiger partial charge in [0.2, 0.25) is 5.91 Å². The van der Waals surface area contributed by atoms with Crippen LogP contribution in [0.1, 0.15) is 46.5 Å².